The van der Waals surface area contributed by atoms with E-state index in [-0.39, 0.29) is 13.0 Å². The van der Waals surface area contributed by atoms with E-state index in [2.05, 4.69) is 22.5 Å². The molecule has 3 N–H and O–H groups in total. The van der Waals surface area contributed by atoms with Crippen molar-refractivity contribution in [1.82, 2.24) is 16.0 Å². The Morgan fingerprint density at radius 1 is 1.47 bits per heavy atom. The van der Waals surface area contributed by atoms with Crippen LogP contribution in [0.25, 0.3) is 0 Å². The molecule has 0 aliphatic carbocycles. The smallest absolute Gasteiger partial charge is 0.407 e. The third-order valence-electron chi connectivity index (χ3n) is 2.44. The van der Waals surface area contributed by atoms with Gasteiger partial charge in [0.2, 0.25) is 0 Å². The molecule has 1 aliphatic heterocycles. The summed E-state index contributed by atoms with van der Waals surface area (Å²) in [5.74, 6) is -0.492. The minimum atomic E-state index is -1.20. The van der Waals surface area contributed by atoms with Gasteiger partial charge in [-0.2, -0.15) is 0 Å². The summed E-state index contributed by atoms with van der Waals surface area (Å²) in [6, 6.07) is -0.585. The predicted octanol–water partition coefficient (Wildman–Crippen LogP) is 0.665. The van der Waals surface area contributed by atoms with Gasteiger partial charge in [0.1, 0.15) is 11.1 Å². The van der Waals surface area contributed by atoms with E-state index in [0.29, 0.717) is 0 Å². The molecule has 1 saturated heterocycles. The standard InChI is InChI=1S/C12H19N3O4/c1-5-6-12(8(16)14-9(17)15-12)7-13-10(18)19-11(2,3)4/h5H,1,6-7H2,2-4H3,(H,13,18)(H2,14,15,16,17). The molecule has 1 heterocycles. The molecule has 7 heteroatoms. The summed E-state index contributed by atoms with van der Waals surface area (Å²) >= 11 is 0. The molecule has 0 aromatic heterocycles. The highest BCUT2D eigenvalue weighted by atomic mass is 16.6. The summed E-state index contributed by atoms with van der Waals surface area (Å²) in [5, 5.41) is 7.10. The van der Waals surface area contributed by atoms with Crippen molar-refractivity contribution in [2.24, 2.45) is 0 Å². The third-order valence-corrected chi connectivity index (χ3v) is 2.44. The van der Waals surface area contributed by atoms with Gasteiger partial charge < -0.3 is 15.4 Å². The molecule has 106 valence electrons. The summed E-state index contributed by atoms with van der Waals surface area (Å²) in [6.07, 6.45) is 1.06. The first-order valence-electron chi connectivity index (χ1n) is 5.90. The molecule has 7 nitrogen and oxygen atoms in total. The number of hydrogen-bond acceptors (Lipinski definition) is 4. The first-order valence-corrected chi connectivity index (χ1v) is 5.90. The molecule has 0 bridgehead atoms. The predicted molar refractivity (Wildman–Crippen MR) is 68.5 cm³/mol. The van der Waals surface area contributed by atoms with Gasteiger partial charge in [0, 0.05) is 0 Å². The Bertz CT molecular complexity index is 414. The van der Waals surface area contributed by atoms with Crippen LogP contribution in [0.1, 0.15) is 27.2 Å². The number of amides is 4. The lowest BCUT2D eigenvalue weighted by molar-refractivity contribution is -0.123. The number of hydrogen-bond donors (Lipinski definition) is 3. The summed E-state index contributed by atoms with van der Waals surface area (Å²) in [6.45, 7) is 8.67. The Labute approximate surface area is 111 Å². The Hall–Kier alpha value is -2.05. The molecule has 1 aliphatic rings. The van der Waals surface area contributed by atoms with Crippen LogP contribution in [0.4, 0.5) is 9.59 Å². The highest BCUT2D eigenvalue weighted by Crippen LogP contribution is 2.15. The lowest BCUT2D eigenvalue weighted by Crippen LogP contribution is -2.55. The molecule has 19 heavy (non-hydrogen) atoms. The second kappa shape index (κ2) is 5.29. The molecule has 0 aromatic rings. The molecule has 4 amide bonds. The number of nitrogens with one attached hydrogen (secondary N) is 3. The van der Waals surface area contributed by atoms with Gasteiger partial charge in [-0.25, -0.2) is 9.59 Å². The van der Waals surface area contributed by atoms with E-state index in [4.69, 9.17) is 4.74 Å². The van der Waals surface area contributed by atoms with Crippen molar-refractivity contribution in [3.63, 3.8) is 0 Å². The van der Waals surface area contributed by atoms with Gasteiger partial charge in [-0.15, -0.1) is 6.58 Å². The van der Waals surface area contributed by atoms with Crippen LogP contribution in [0, 0.1) is 0 Å². The second-order valence-corrected chi connectivity index (χ2v) is 5.34. The number of alkyl carbamates (subject to hydrolysis) is 1. The quantitative estimate of drug-likeness (QED) is 0.516. The second-order valence-electron chi connectivity index (χ2n) is 5.34. The summed E-state index contributed by atoms with van der Waals surface area (Å²) in [7, 11) is 0. The molecule has 0 radical (unpaired) electrons. The number of urea groups is 1. The largest absolute Gasteiger partial charge is 0.444 e. The van der Waals surface area contributed by atoms with E-state index < -0.39 is 29.2 Å². The summed E-state index contributed by atoms with van der Waals surface area (Å²) in [4.78, 5) is 34.5. The Morgan fingerprint density at radius 3 is 2.53 bits per heavy atom. The molecular formula is C12H19N3O4. The van der Waals surface area contributed by atoms with Crippen molar-refractivity contribution in [3.8, 4) is 0 Å². The zero-order valence-corrected chi connectivity index (χ0v) is 11.3. The van der Waals surface area contributed by atoms with E-state index in [0.717, 1.165) is 0 Å². The van der Waals surface area contributed by atoms with E-state index in [9.17, 15) is 14.4 Å². The maximum absolute atomic E-state index is 11.8. The van der Waals surface area contributed by atoms with Gasteiger partial charge in [-0.05, 0) is 27.2 Å². The van der Waals surface area contributed by atoms with Gasteiger partial charge >= 0.3 is 12.1 Å². The summed E-state index contributed by atoms with van der Waals surface area (Å²) in [5.41, 5.74) is -1.83. The molecule has 0 spiro atoms. The first-order chi connectivity index (χ1) is 8.68. The number of carbonyl (C=O) groups is 3. The van der Waals surface area contributed by atoms with Crippen molar-refractivity contribution in [2.45, 2.75) is 38.3 Å². The van der Waals surface area contributed by atoms with Crippen molar-refractivity contribution in [2.75, 3.05) is 6.54 Å². The zero-order chi connectivity index (χ0) is 14.7. The van der Waals surface area contributed by atoms with Crippen molar-refractivity contribution in [3.05, 3.63) is 12.7 Å². The Morgan fingerprint density at radius 2 is 2.11 bits per heavy atom. The minimum absolute atomic E-state index is 0.0640. The average molecular weight is 269 g/mol. The Kier molecular flexibility index (Phi) is 4.18. The molecule has 1 fully saturated rings. The number of ether oxygens (including phenoxy) is 1. The van der Waals surface area contributed by atoms with Gasteiger partial charge in [-0.3, -0.25) is 10.1 Å². The third kappa shape index (κ3) is 3.97. The van der Waals surface area contributed by atoms with E-state index >= 15 is 0 Å². The lowest BCUT2D eigenvalue weighted by atomic mass is 9.95. The highest BCUT2D eigenvalue weighted by Gasteiger charge is 2.45. The monoisotopic (exact) mass is 269 g/mol. The zero-order valence-electron chi connectivity index (χ0n) is 11.3. The topological polar surface area (TPSA) is 96.5 Å². The molecule has 0 saturated carbocycles. The normalized spacial score (nSPS) is 22.5. The highest BCUT2D eigenvalue weighted by molar-refractivity contribution is 6.07. The van der Waals surface area contributed by atoms with Crippen LogP contribution in [0.3, 0.4) is 0 Å². The van der Waals surface area contributed by atoms with E-state index in [1.807, 2.05) is 0 Å². The number of carbonyl (C=O) groups excluding carboxylic acids is 3. The molecule has 1 atom stereocenters. The van der Waals surface area contributed by atoms with Crippen LogP contribution in [0.2, 0.25) is 0 Å². The fourth-order valence-electron chi connectivity index (χ4n) is 1.65. The maximum atomic E-state index is 11.8. The van der Waals surface area contributed by atoms with Crippen molar-refractivity contribution >= 4 is 18.0 Å². The van der Waals surface area contributed by atoms with Crippen LogP contribution in [-0.4, -0.2) is 35.7 Å². The van der Waals surface area contributed by atoms with Gasteiger partial charge in [0.05, 0.1) is 6.54 Å². The molecule has 1 unspecified atom stereocenters. The average Bonchev–Trinajstić information content (AvgIpc) is 2.49. The van der Waals surface area contributed by atoms with Crippen LogP contribution >= 0.6 is 0 Å². The number of rotatable bonds is 4. The fraction of sp³-hybridized carbons (Fsp3) is 0.583. The van der Waals surface area contributed by atoms with Gasteiger partial charge in [0.25, 0.3) is 5.91 Å². The van der Waals surface area contributed by atoms with Crippen LogP contribution in [0.5, 0.6) is 0 Å². The SMILES string of the molecule is C=CCC1(CNC(=O)OC(C)(C)C)NC(=O)NC1=O. The van der Waals surface area contributed by atoms with Crippen molar-refractivity contribution < 1.29 is 19.1 Å². The minimum Gasteiger partial charge on any atom is -0.444 e. The molecule has 0 aromatic carbocycles. The first kappa shape index (κ1) is 15.0. The Balaban J connectivity index is 2.66. The van der Waals surface area contributed by atoms with E-state index in [1.54, 1.807) is 20.8 Å². The fourth-order valence-corrected chi connectivity index (χ4v) is 1.65. The number of imide groups is 1. The van der Waals surface area contributed by atoms with E-state index in [1.165, 1.54) is 6.08 Å². The molecular weight excluding hydrogens is 250 g/mol. The molecule has 1 rings (SSSR count). The maximum Gasteiger partial charge on any atom is 0.407 e. The van der Waals surface area contributed by atoms with Crippen LogP contribution < -0.4 is 16.0 Å². The van der Waals surface area contributed by atoms with Gasteiger partial charge in [0.15, 0.2) is 0 Å². The lowest BCUT2D eigenvalue weighted by Gasteiger charge is -2.26. The van der Waals surface area contributed by atoms with Gasteiger partial charge in [-0.1, -0.05) is 6.08 Å². The van der Waals surface area contributed by atoms with Crippen molar-refractivity contribution in [1.29, 1.82) is 0 Å². The van der Waals surface area contributed by atoms with Crippen LogP contribution in [0.15, 0.2) is 12.7 Å². The van der Waals surface area contributed by atoms with Crippen LogP contribution in [-0.2, 0) is 9.53 Å². The summed E-state index contributed by atoms with van der Waals surface area (Å²) < 4.78 is 5.06.